The minimum Gasteiger partial charge on any atom is -0.447 e. The van der Waals surface area contributed by atoms with Crippen LogP contribution >= 0.6 is 0 Å². The molecule has 0 radical (unpaired) electrons. The molecule has 104 valence electrons. The lowest BCUT2D eigenvalue weighted by Crippen LogP contribution is -2.07. The van der Waals surface area contributed by atoms with Crippen LogP contribution in [0.25, 0.3) is 0 Å². The summed E-state index contributed by atoms with van der Waals surface area (Å²) in [5.74, 6) is -0.903. The largest absolute Gasteiger partial charge is 0.447 e. The highest BCUT2D eigenvalue weighted by Crippen LogP contribution is 2.36. The van der Waals surface area contributed by atoms with Crippen molar-refractivity contribution in [1.82, 2.24) is 0 Å². The summed E-state index contributed by atoms with van der Waals surface area (Å²) in [7, 11) is 0. The van der Waals surface area contributed by atoms with Crippen LogP contribution in [0.15, 0.2) is 42.5 Å². The van der Waals surface area contributed by atoms with E-state index in [2.05, 4.69) is 0 Å². The first-order valence-electron chi connectivity index (χ1n) is 5.96. The van der Waals surface area contributed by atoms with Crippen LogP contribution in [-0.4, -0.2) is 4.92 Å². The Morgan fingerprint density at radius 1 is 1.25 bits per heavy atom. The van der Waals surface area contributed by atoms with Gasteiger partial charge in [0.2, 0.25) is 5.75 Å². The van der Waals surface area contributed by atoms with E-state index in [1.807, 2.05) is 0 Å². The van der Waals surface area contributed by atoms with Crippen LogP contribution in [0.1, 0.15) is 18.5 Å². The average Bonchev–Trinajstić information content (AvgIpc) is 2.41. The summed E-state index contributed by atoms with van der Waals surface area (Å²) in [4.78, 5) is 10.2. The lowest BCUT2D eigenvalue weighted by molar-refractivity contribution is -0.385. The molecule has 2 rings (SSSR count). The van der Waals surface area contributed by atoms with E-state index in [9.17, 15) is 14.5 Å². The molecule has 20 heavy (non-hydrogen) atoms. The summed E-state index contributed by atoms with van der Waals surface area (Å²) in [5.41, 5.74) is 6.01. The number of nitro groups is 1. The fourth-order valence-electron chi connectivity index (χ4n) is 1.80. The molecule has 2 aromatic carbocycles. The smallest absolute Gasteiger partial charge is 0.314 e. The molecule has 6 heteroatoms. The zero-order chi connectivity index (χ0) is 14.7. The average molecular weight is 276 g/mol. The van der Waals surface area contributed by atoms with Crippen molar-refractivity contribution < 1.29 is 14.1 Å². The van der Waals surface area contributed by atoms with Crippen molar-refractivity contribution in [3.63, 3.8) is 0 Å². The quantitative estimate of drug-likeness (QED) is 0.684. The van der Waals surface area contributed by atoms with E-state index in [-0.39, 0.29) is 6.04 Å². The van der Waals surface area contributed by atoms with Crippen molar-refractivity contribution in [2.45, 2.75) is 13.0 Å². The Balaban J connectivity index is 2.48. The summed E-state index contributed by atoms with van der Waals surface area (Å²) in [6.45, 7) is 1.75. The number of nitrogens with two attached hydrogens (primary N) is 1. The summed E-state index contributed by atoms with van der Waals surface area (Å²) in [6.07, 6.45) is 0. The number of hydrogen-bond donors (Lipinski definition) is 1. The molecule has 1 atom stereocenters. The van der Waals surface area contributed by atoms with Crippen molar-refractivity contribution in [2.75, 3.05) is 0 Å². The SMILES string of the molecule is CC(N)c1ccccc1Oc1c(F)cccc1[N+](=O)[O-]. The Morgan fingerprint density at radius 2 is 1.95 bits per heavy atom. The molecule has 0 aromatic heterocycles. The van der Waals surface area contributed by atoms with Gasteiger partial charge in [0.05, 0.1) is 4.92 Å². The van der Waals surface area contributed by atoms with Gasteiger partial charge >= 0.3 is 5.69 Å². The topological polar surface area (TPSA) is 78.4 Å². The number of benzene rings is 2. The van der Waals surface area contributed by atoms with Crippen molar-refractivity contribution in [3.05, 3.63) is 64.0 Å². The predicted octanol–water partition coefficient (Wildman–Crippen LogP) is 3.55. The fourth-order valence-corrected chi connectivity index (χ4v) is 1.80. The zero-order valence-corrected chi connectivity index (χ0v) is 10.7. The molecule has 0 spiro atoms. The maximum absolute atomic E-state index is 13.8. The number of rotatable bonds is 4. The van der Waals surface area contributed by atoms with Crippen molar-refractivity contribution in [3.8, 4) is 11.5 Å². The Kier molecular flexibility index (Phi) is 3.95. The molecule has 2 aromatic rings. The molecule has 0 bridgehead atoms. The van der Waals surface area contributed by atoms with Crippen LogP contribution in [0.3, 0.4) is 0 Å². The maximum Gasteiger partial charge on any atom is 0.314 e. The molecule has 0 aliphatic heterocycles. The molecule has 0 saturated carbocycles. The van der Waals surface area contributed by atoms with Gasteiger partial charge in [0.1, 0.15) is 5.75 Å². The molecule has 0 aliphatic rings. The Labute approximate surface area is 114 Å². The third-order valence-electron chi connectivity index (χ3n) is 2.76. The van der Waals surface area contributed by atoms with E-state index in [0.29, 0.717) is 11.3 Å². The highest BCUT2D eigenvalue weighted by Gasteiger charge is 2.21. The molecular formula is C14H13FN2O3. The highest BCUT2D eigenvalue weighted by molar-refractivity contribution is 5.50. The second-order valence-electron chi connectivity index (χ2n) is 4.27. The second kappa shape index (κ2) is 5.66. The third kappa shape index (κ3) is 2.75. The Morgan fingerprint density at radius 3 is 2.60 bits per heavy atom. The van der Waals surface area contributed by atoms with Crippen LogP contribution in [0, 0.1) is 15.9 Å². The van der Waals surface area contributed by atoms with E-state index in [4.69, 9.17) is 10.5 Å². The van der Waals surface area contributed by atoms with Gasteiger partial charge in [-0.25, -0.2) is 4.39 Å². The number of nitrogens with zero attached hydrogens (tertiary/aromatic N) is 1. The lowest BCUT2D eigenvalue weighted by atomic mass is 10.1. The predicted molar refractivity (Wildman–Crippen MR) is 72.2 cm³/mol. The van der Waals surface area contributed by atoms with E-state index in [0.717, 1.165) is 6.07 Å². The van der Waals surface area contributed by atoms with Crippen LogP contribution in [0.5, 0.6) is 11.5 Å². The van der Waals surface area contributed by atoms with Gasteiger partial charge in [0.25, 0.3) is 0 Å². The van der Waals surface area contributed by atoms with Crippen molar-refractivity contribution in [1.29, 1.82) is 0 Å². The molecule has 0 heterocycles. The van der Waals surface area contributed by atoms with Crippen LogP contribution in [-0.2, 0) is 0 Å². The van der Waals surface area contributed by atoms with Crippen LogP contribution in [0.4, 0.5) is 10.1 Å². The number of hydrogen-bond acceptors (Lipinski definition) is 4. The molecule has 0 fully saturated rings. The normalized spacial score (nSPS) is 11.9. The molecule has 0 aliphatic carbocycles. The van der Waals surface area contributed by atoms with Crippen molar-refractivity contribution in [2.24, 2.45) is 5.73 Å². The van der Waals surface area contributed by atoms with Crippen molar-refractivity contribution >= 4 is 5.69 Å². The number of halogens is 1. The minimum atomic E-state index is -0.793. The lowest BCUT2D eigenvalue weighted by Gasteiger charge is -2.13. The van der Waals surface area contributed by atoms with Gasteiger partial charge in [-0.1, -0.05) is 24.3 Å². The van der Waals surface area contributed by atoms with Gasteiger partial charge in [0, 0.05) is 17.7 Å². The van der Waals surface area contributed by atoms with Gasteiger partial charge in [-0.15, -0.1) is 0 Å². The summed E-state index contributed by atoms with van der Waals surface area (Å²) >= 11 is 0. The summed E-state index contributed by atoms with van der Waals surface area (Å²) in [6, 6.07) is 10.00. The van der Waals surface area contributed by atoms with E-state index in [1.54, 1.807) is 31.2 Å². The molecule has 0 saturated heterocycles. The molecule has 1 unspecified atom stereocenters. The molecule has 5 nitrogen and oxygen atoms in total. The summed E-state index contributed by atoms with van der Waals surface area (Å²) < 4.78 is 19.2. The summed E-state index contributed by atoms with van der Waals surface area (Å²) in [5, 5.41) is 10.9. The molecule has 2 N–H and O–H groups in total. The van der Waals surface area contributed by atoms with E-state index in [1.165, 1.54) is 12.1 Å². The number of ether oxygens (including phenoxy) is 1. The van der Waals surface area contributed by atoms with E-state index < -0.39 is 22.2 Å². The van der Waals surface area contributed by atoms with Crippen LogP contribution in [0.2, 0.25) is 0 Å². The number of nitro benzene ring substituents is 1. The van der Waals surface area contributed by atoms with Gasteiger partial charge < -0.3 is 10.5 Å². The standard InChI is InChI=1S/C14H13FN2O3/c1-9(16)10-5-2-3-8-13(10)20-14-11(15)6-4-7-12(14)17(18)19/h2-9H,16H2,1H3. The third-order valence-corrected chi connectivity index (χ3v) is 2.76. The van der Waals surface area contributed by atoms with Gasteiger partial charge in [-0.2, -0.15) is 0 Å². The first-order chi connectivity index (χ1) is 9.50. The number of para-hydroxylation sites is 2. The van der Waals surface area contributed by atoms with Gasteiger partial charge in [-0.05, 0) is 19.1 Å². The molecule has 0 amide bonds. The minimum absolute atomic E-state index is 0.302. The van der Waals surface area contributed by atoms with Gasteiger partial charge in [-0.3, -0.25) is 10.1 Å². The Bertz CT molecular complexity index is 644. The van der Waals surface area contributed by atoms with Crippen LogP contribution < -0.4 is 10.5 Å². The fraction of sp³-hybridized carbons (Fsp3) is 0.143. The second-order valence-corrected chi connectivity index (χ2v) is 4.27. The van der Waals surface area contributed by atoms with E-state index >= 15 is 0 Å². The first-order valence-corrected chi connectivity index (χ1v) is 5.96. The maximum atomic E-state index is 13.8. The Hall–Kier alpha value is -2.47. The molecular weight excluding hydrogens is 263 g/mol. The first kappa shape index (κ1) is 14.0. The monoisotopic (exact) mass is 276 g/mol. The highest BCUT2D eigenvalue weighted by atomic mass is 19.1. The van der Waals surface area contributed by atoms with Gasteiger partial charge in [0.15, 0.2) is 5.82 Å². The zero-order valence-electron chi connectivity index (χ0n) is 10.7.